The van der Waals surface area contributed by atoms with Gasteiger partial charge in [0.15, 0.2) is 5.69 Å². The van der Waals surface area contributed by atoms with Gasteiger partial charge in [0, 0.05) is 28.5 Å². The minimum absolute atomic E-state index is 0.219. The van der Waals surface area contributed by atoms with Gasteiger partial charge in [-0.15, -0.1) is 0 Å². The number of aromatic nitrogens is 2. The van der Waals surface area contributed by atoms with Gasteiger partial charge in [0.05, 0.1) is 30.4 Å². The summed E-state index contributed by atoms with van der Waals surface area (Å²) in [5, 5.41) is 2.40. The van der Waals surface area contributed by atoms with Crippen LogP contribution in [0.25, 0.3) is 21.8 Å². The van der Waals surface area contributed by atoms with E-state index in [0.29, 0.717) is 22.9 Å². The van der Waals surface area contributed by atoms with E-state index < -0.39 is 5.97 Å². The Balaban J connectivity index is 1.84. The fraction of sp³-hybridized carbons (Fsp3) is 0.217. The number of esters is 1. The molecule has 0 aliphatic rings. The molecular weight excluding hydrogens is 404 g/mol. The molecule has 30 heavy (non-hydrogen) atoms. The van der Waals surface area contributed by atoms with E-state index in [1.165, 1.54) is 0 Å². The van der Waals surface area contributed by atoms with Crippen LogP contribution in [0.5, 0.6) is 5.75 Å². The molecule has 0 aliphatic carbocycles. The lowest BCUT2D eigenvalue weighted by atomic mass is 10.0. The summed E-state index contributed by atoms with van der Waals surface area (Å²) < 4.78 is 16.7. The molecule has 0 atom stereocenters. The van der Waals surface area contributed by atoms with Crippen LogP contribution in [0.2, 0.25) is 5.02 Å². The van der Waals surface area contributed by atoms with Gasteiger partial charge in [-0.1, -0.05) is 29.8 Å². The smallest absolute Gasteiger partial charge is 0.357 e. The molecule has 0 unspecified atom stereocenters. The number of nitrogens with one attached hydrogen (secondary N) is 1. The van der Waals surface area contributed by atoms with Crippen LogP contribution in [-0.2, 0) is 22.7 Å². The second-order valence-corrected chi connectivity index (χ2v) is 7.18. The SMILES string of the molecule is CCOC(=O)c1ncc2[nH]c3cccc(OCc4ccc(Cl)cc4)c3c2c1COC. The summed E-state index contributed by atoms with van der Waals surface area (Å²) in [5.41, 5.74) is 3.61. The normalized spacial score (nSPS) is 11.2. The molecule has 2 aromatic carbocycles. The van der Waals surface area contributed by atoms with Gasteiger partial charge in [0.2, 0.25) is 0 Å². The molecule has 0 radical (unpaired) electrons. The Kier molecular flexibility index (Phi) is 5.88. The third-order valence-corrected chi connectivity index (χ3v) is 5.04. The number of H-pyrrole nitrogens is 1. The van der Waals surface area contributed by atoms with Gasteiger partial charge < -0.3 is 19.2 Å². The van der Waals surface area contributed by atoms with Crippen molar-refractivity contribution in [3.05, 3.63) is 70.5 Å². The van der Waals surface area contributed by atoms with Crippen molar-refractivity contribution in [2.24, 2.45) is 0 Å². The molecule has 0 saturated heterocycles. The van der Waals surface area contributed by atoms with E-state index in [1.807, 2.05) is 42.5 Å². The Hall–Kier alpha value is -3.09. The summed E-state index contributed by atoms with van der Waals surface area (Å²) in [7, 11) is 1.58. The maximum atomic E-state index is 12.5. The molecule has 0 spiro atoms. The van der Waals surface area contributed by atoms with Crippen molar-refractivity contribution in [2.75, 3.05) is 13.7 Å². The van der Waals surface area contributed by atoms with Crippen molar-refractivity contribution in [3.63, 3.8) is 0 Å². The van der Waals surface area contributed by atoms with E-state index in [9.17, 15) is 4.79 Å². The zero-order valence-corrected chi connectivity index (χ0v) is 17.5. The zero-order chi connectivity index (χ0) is 21.1. The molecule has 2 heterocycles. The lowest BCUT2D eigenvalue weighted by molar-refractivity contribution is 0.0514. The van der Waals surface area contributed by atoms with E-state index in [1.54, 1.807) is 20.2 Å². The number of methoxy groups -OCH3 is 1. The number of fused-ring (bicyclic) bond motifs is 3. The van der Waals surface area contributed by atoms with Crippen LogP contribution in [0.1, 0.15) is 28.5 Å². The fourth-order valence-electron chi connectivity index (χ4n) is 3.49. The Morgan fingerprint density at radius 2 is 1.87 bits per heavy atom. The first-order valence-electron chi connectivity index (χ1n) is 9.58. The molecule has 4 rings (SSSR count). The molecular formula is C23H21ClN2O4. The molecule has 1 N–H and O–H groups in total. The van der Waals surface area contributed by atoms with Crippen LogP contribution in [-0.4, -0.2) is 29.7 Å². The lowest BCUT2D eigenvalue weighted by Gasteiger charge is -2.11. The van der Waals surface area contributed by atoms with Gasteiger partial charge in [-0.3, -0.25) is 0 Å². The van der Waals surface area contributed by atoms with Gasteiger partial charge in [-0.2, -0.15) is 0 Å². The first-order chi connectivity index (χ1) is 14.6. The highest BCUT2D eigenvalue weighted by molar-refractivity contribution is 6.30. The number of carbonyl (C=O) groups excluding carboxylic acids is 1. The molecule has 0 bridgehead atoms. The van der Waals surface area contributed by atoms with Crippen LogP contribution >= 0.6 is 11.6 Å². The van der Waals surface area contributed by atoms with Crippen LogP contribution in [0.3, 0.4) is 0 Å². The van der Waals surface area contributed by atoms with E-state index in [2.05, 4.69) is 9.97 Å². The second-order valence-electron chi connectivity index (χ2n) is 6.75. The summed E-state index contributed by atoms with van der Waals surface area (Å²) >= 11 is 5.97. The molecule has 6 nitrogen and oxygen atoms in total. The Morgan fingerprint density at radius 3 is 2.60 bits per heavy atom. The Morgan fingerprint density at radius 1 is 1.07 bits per heavy atom. The van der Waals surface area contributed by atoms with Crippen molar-refractivity contribution >= 4 is 39.4 Å². The molecule has 2 aromatic heterocycles. The predicted molar refractivity (Wildman–Crippen MR) is 116 cm³/mol. The number of hydrogen-bond donors (Lipinski definition) is 1. The number of pyridine rings is 1. The van der Waals surface area contributed by atoms with Crippen LogP contribution in [0.15, 0.2) is 48.7 Å². The van der Waals surface area contributed by atoms with Crippen molar-refractivity contribution in [3.8, 4) is 5.75 Å². The zero-order valence-electron chi connectivity index (χ0n) is 16.7. The van der Waals surface area contributed by atoms with E-state index in [-0.39, 0.29) is 18.9 Å². The average Bonchev–Trinajstić information content (AvgIpc) is 3.13. The molecule has 4 aromatic rings. The number of nitrogens with zero attached hydrogens (tertiary/aromatic N) is 1. The van der Waals surface area contributed by atoms with Gasteiger partial charge in [0.25, 0.3) is 0 Å². The van der Waals surface area contributed by atoms with Gasteiger partial charge in [-0.05, 0) is 36.8 Å². The summed E-state index contributed by atoms with van der Waals surface area (Å²) in [6.07, 6.45) is 1.64. The van der Waals surface area contributed by atoms with Crippen LogP contribution in [0.4, 0.5) is 0 Å². The quantitative estimate of drug-likeness (QED) is 0.409. The minimum Gasteiger partial charge on any atom is -0.488 e. The number of hydrogen-bond acceptors (Lipinski definition) is 5. The summed E-state index contributed by atoms with van der Waals surface area (Å²) in [4.78, 5) is 20.2. The van der Waals surface area contributed by atoms with E-state index in [0.717, 1.165) is 27.4 Å². The molecule has 154 valence electrons. The Bertz CT molecular complexity index is 1200. The fourth-order valence-corrected chi connectivity index (χ4v) is 3.62. The van der Waals surface area contributed by atoms with Crippen LogP contribution in [0, 0.1) is 0 Å². The largest absolute Gasteiger partial charge is 0.488 e. The second kappa shape index (κ2) is 8.73. The van der Waals surface area contributed by atoms with Gasteiger partial charge in [-0.25, -0.2) is 9.78 Å². The highest BCUT2D eigenvalue weighted by atomic mass is 35.5. The number of rotatable bonds is 7. The maximum absolute atomic E-state index is 12.5. The van der Waals surface area contributed by atoms with Crippen molar-refractivity contribution in [1.82, 2.24) is 9.97 Å². The molecule has 0 aliphatic heterocycles. The standard InChI is InChI=1S/C23H21ClN2O4/c1-3-29-23(27)22-16(13-28-2)20-18(11-25-22)26-17-5-4-6-19(21(17)20)30-12-14-7-9-15(24)10-8-14/h4-11,26H,3,12-13H2,1-2H3. The van der Waals surface area contributed by atoms with Crippen molar-refractivity contribution < 1.29 is 19.0 Å². The van der Waals surface area contributed by atoms with Gasteiger partial charge in [0.1, 0.15) is 12.4 Å². The topological polar surface area (TPSA) is 73.4 Å². The first kappa shape index (κ1) is 20.2. The Labute approximate surface area is 178 Å². The summed E-state index contributed by atoms with van der Waals surface area (Å²) in [6.45, 7) is 2.64. The number of benzene rings is 2. The molecule has 0 saturated carbocycles. The monoisotopic (exact) mass is 424 g/mol. The first-order valence-corrected chi connectivity index (χ1v) is 9.95. The van der Waals surface area contributed by atoms with E-state index >= 15 is 0 Å². The molecule has 0 amide bonds. The number of halogens is 1. The minimum atomic E-state index is -0.472. The van der Waals surface area contributed by atoms with Gasteiger partial charge >= 0.3 is 5.97 Å². The highest BCUT2D eigenvalue weighted by Gasteiger charge is 2.21. The lowest BCUT2D eigenvalue weighted by Crippen LogP contribution is -2.11. The third-order valence-electron chi connectivity index (χ3n) is 4.79. The number of aromatic amines is 1. The van der Waals surface area contributed by atoms with E-state index in [4.69, 9.17) is 25.8 Å². The molecule has 0 fully saturated rings. The van der Waals surface area contributed by atoms with Crippen molar-refractivity contribution in [1.29, 1.82) is 0 Å². The number of carbonyl (C=O) groups is 1. The third kappa shape index (κ3) is 3.84. The number of ether oxygens (including phenoxy) is 3. The predicted octanol–water partition coefficient (Wildman–Crippen LogP) is 5.27. The molecule has 7 heteroatoms. The average molecular weight is 425 g/mol. The summed E-state index contributed by atoms with van der Waals surface area (Å²) in [6, 6.07) is 13.3. The summed E-state index contributed by atoms with van der Waals surface area (Å²) in [5.74, 6) is 0.229. The van der Waals surface area contributed by atoms with Crippen molar-refractivity contribution in [2.45, 2.75) is 20.1 Å². The van der Waals surface area contributed by atoms with Crippen LogP contribution < -0.4 is 4.74 Å². The maximum Gasteiger partial charge on any atom is 0.357 e. The highest BCUT2D eigenvalue weighted by Crippen LogP contribution is 2.36.